The molecule has 0 aromatic heterocycles. The fraction of sp³-hybridized carbons (Fsp3) is 0.875. The molecule has 2 N–H and O–H groups in total. The summed E-state index contributed by atoms with van der Waals surface area (Å²) in [5.41, 5.74) is 5.51. The largest absolute Gasteiger partial charge is 0.387 e. The summed E-state index contributed by atoms with van der Waals surface area (Å²) in [6, 6.07) is 0.384. The van der Waals surface area contributed by atoms with Crippen LogP contribution < -0.4 is 5.73 Å². The third-order valence-electron chi connectivity index (χ3n) is 1.64. The Hall–Kier alpha value is -0.710. The van der Waals surface area contributed by atoms with E-state index in [-0.39, 0.29) is 6.61 Å². The normalized spacial score (nSPS) is 18.2. The van der Waals surface area contributed by atoms with Gasteiger partial charge in [-0.3, -0.25) is 4.99 Å². The van der Waals surface area contributed by atoms with E-state index in [0.29, 0.717) is 18.3 Å². The van der Waals surface area contributed by atoms with Crippen molar-refractivity contribution < 1.29 is 13.5 Å². The van der Waals surface area contributed by atoms with E-state index in [1.54, 1.807) is 0 Å². The summed E-state index contributed by atoms with van der Waals surface area (Å²) in [4.78, 5) is 4.13. The van der Waals surface area contributed by atoms with E-state index in [9.17, 15) is 8.78 Å². The Morgan fingerprint density at radius 2 is 2.23 bits per heavy atom. The number of rotatable bonds is 6. The van der Waals surface area contributed by atoms with E-state index in [1.165, 1.54) is 0 Å². The van der Waals surface area contributed by atoms with Crippen LogP contribution >= 0.6 is 0 Å². The second-order valence-electron chi connectivity index (χ2n) is 3.07. The van der Waals surface area contributed by atoms with Crippen molar-refractivity contribution in [2.24, 2.45) is 10.7 Å². The zero-order valence-electron chi connectivity index (χ0n) is 7.38. The topological polar surface area (TPSA) is 47.6 Å². The number of nitrogens with two attached hydrogens (primary N) is 1. The minimum Gasteiger partial charge on any atom is -0.387 e. The number of amidine groups is 1. The lowest BCUT2D eigenvalue weighted by Crippen LogP contribution is -2.16. The van der Waals surface area contributed by atoms with Crippen LogP contribution in [0.4, 0.5) is 8.78 Å². The summed E-state index contributed by atoms with van der Waals surface area (Å²) in [7, 11) is 0. The maximum atomic E-state index is 11.6. The highest BCUT2D eigenvalue weighted by Gasteiger charge is 2.20. The van der Waals surface area contributed by atoms with E-state index in [0.717, 1.165) is 12.8 Å². The SMILES string of the molecule is NC(CCOCC(F)F)=NC1CC1. The van der Waals surface area contributed by atoms with Crippen LogP contribution in [0.5, 0.6) is 0 Å². The molecule has 1 aliphatic rings. The van der Waals surface area contributed by atoms with Gasteiger partial charge in [-0.05, 0) is 12.8 Å². The predicted molar refractivity (Wildman–Crippen MR) is 46.1 cm³/mol. The van der Waals surface area contributed by atoms with E-state index >= 15 is 0 Å². The molecule has 0 atom stereocenters. The summed E-state index contributed by atoms with van der Waals surface area (Å²) >= 11 is 0. The highest BCUT2D eigenvalue weighted by atomic mass is 19.3. The number of aliphatic imine (C=N–C) groups is 1. The smallest absolute Gasteiger partial charge is 0.261 e. The van der Waals surface area contributed by atoms with Gasteiger partial charge in [-0.15, -0.1) is 0 Å². The molecule has 0 spiro atoms. The number of nitrogens with zero attached hydrogens (tertiary/aromatic N) is 1. The first-order chi connectivity index (χ1) is 6.18. The van der Waals surface area contributed by atoms with Crippen LogP contribution in [0.1, 0.15) is 19.3 Å². The molecule has 5 heteroatoms. The summed E-state index contributed by atoms with van der Waals surface area (Å²) in [5, 5.41) is 0. The van der Waals surface area contributed by atoms with Crippen molar-refractivity contribution in [3.63, 3.8) is 0 Å². The van der Waals surface area contributed by atoms with Crippen LogP contribution in [0.3, 0.4) is 0 Å². The fourth-order valence-corrected chi connectivity index (χ4v) is 0.852. The van der Waals surface area contributed by atoms with E-state index in [1.807, 2.05) is 0 Å². The first kappa shape index (κ1) is 10.4. The molecule has 0 aliphatic heterocycles. The van der Waals surface area contributed by atoms with Gasteiger partial charge in [0.05, 0.1) is 18.5 Å². The predicted octanol–water partition coefficient (Wildman–Crippen LogP) is 1.18. The molecular formula is C8H14F2N2O. The Balaban J connectivity index is 1.98. The average molecular weight is 192 g/mol. The number of halogens is 2. The van der Waals surface area contributed by atoms with Gasteiger partial charge in [-0.25, -0.2) is 8.78 Å². The van der Waals surface area contributed by atoms with Gasteiger partial charge in [0.15, 0.2) is 0 Å². The van der Waals surface area contributed by atoms with Gasteiger partial charge in [0.2, 0.25) is 0 Å². The van der Waals surface area contributed by atoms with Crippen LogP contribution in [-0.2, 0) is 4.74 Å². The van der Waals surface area contributed by atoms with Crippen molar-refractivity contribution in [3.8, 4) is 0 Å². The second kappa shape index (κ2) is 5.11. The van der Waals surface area contributed by atoms with Gasteiger partial charge >= 0.3 is 0 Å². The third kappa shape index (κ3) is 5.52. The molecule has 13 heavy (non-hydrogen) atoms. The summed E-state index contributed by atoms with van der Waals surface area (Å²) < 4.78 is 27.8. The molecule has 76 valence electrons. The van der Waals surface area contributed by atoms with Gasteiger partial charge < -0.3 is 10.5 Å². The molecule has 0 amide bonds. The van der Waals surface area contributed by atoms with Gasteiger partial charge in [0.25, 0.3) is 6.43 Å². The minimum atomic E-state index is -2.40. The molecule has 0 unspecified atom stereocenters. The monoisotopic (exact) mass is 192 g/mol. The van der Waals surface area contributed by atoms with E-state index in [4.69, 9.17) is 5.73 Å². The van der Waals surface area contributed by atoms with Crippen molar-refractivity contribution in [2.45, 2.75) is 31.7 Å². The zero-order valence-corrected chi connectivity index (χ0v) is 7.38. The molecule has 0 saturated heterocycles. The molecule has 0 bridgehead atoms. The molecule has 0 aromatic rings. The molecule has 0 aromatic carbocycles. The standard InChI is InChI=1S/C8H14F2N2O/c9-7(10)5-13-4-3-8(11)12-6-1-2-6/h6-7H,1-5H2,(H2,11,12). The molecule has 3 nitrogen and oxygen atoms in total. The van der Waals surface area contributed by atoms with Gasteiger partial charge in [-0.1, -0.05) is 0 Å². The third-order valence-corrected chi connectivity index (χ3v) is 1.64. The maximum absolute atomic E-state index is 11.6. The van der Waals surface area contributed by atoms with Crippen LogP contribution in [0.2, 0.25) is 0 Å². The molecule has 1 aliphatic carbocycles. The molecule has 0 heterocycles. The quantitative estimate of drug-likeness (QED) is 0.390. The first-order valence-corrected chi connectivity index (χ1v) is 4.36. The molecule has 1 saturated carbocycles. The van der Waals surface area contributed by atoms with Crippen molar-refractivity contribution in [3.05, 3.63) is 0 Å². The lowest BCUT2D eigenvalue weighted by Gasteiger charge is -2.02. The molecule has 0 radical (unpaired) electrons. The lowest BCUT2D eigenvalue weighted by molar-refractivity contribution is 0.0201. The second-order valence-corrected chi connectivity index (χ2v) is 3.07. The van der Waals surface area contributed by atoms with Crippen LogP contribution in [0.25, 0.3) is 0 Å². The summed E-state index contributed by atoms with van der Waals surface area (Å²) in [6.07, 6.45) is 0.238. The Bertz CT molecular complexity index is 181. The summed E-state index contributed by atoms with van der Waals surface area (Å²) in [5.74, 6) is 0.511. The maximum Gasteiger partial charge on any atom is 0.261 e. The summed E-state index contributed by atoms with van der Waals surface area (Å²) in [6.45, 7) is -0.289. The highest BCUT2D eigenvalue weighted by Crippen LogP contribution is 2.23. The van der Waals surface area contributed by atoms with Crippen LogP contribution in [0.15, 0.2) is 4.99 Å². The number of hydrogen-bond acceptors (Lipinski definition) is 2. The highest BCUT2D eigenvalue weighted by molar-refractivity contribution is 5.80. The van der Waals surface area contributed by atoms with E-state index in [2.05, 4.69) is 9.73 Å². The number of alkyl halides is 2. The average Bonchev–Trinajstić information content (AvgIpc) is 2.81. The number of hydrogen-bond donors (Lipinski definition) is 1. The lowest BCUT2D eigenvalue weighted by atomic mass is 10.4. The first-order valence-electron chi connectivity index (χ1n) is 4.36. The molecule has 1 fully saturated rings. The van der Waals surface area contributed by atoms with Gasteiger partial charge in [-0.2, -0.15) is 0 Å². The van der Waals surface area contributed by atoms with Gasteiger partial charge in [0, 0.05) is 6.42 Å². The van der Waals surface area contributed by atoms with E-state index < -0.39 is 13.0 Å². The van der Waals surface area contributed by atoms with Crippen LogP contribution in [0, 0.1) is 0 Å². The minimum absolute atomic E-state index is 0.229. The van der Waals surface area contributed by atoms with Crippen molar-refractivity contribution >= 4 is 5.84 Å². The van der Waals surface area contributed by atoms with Crippen molar-refractivity contribution in [1.29, 1.82) is 0 Å². The fourth-order valence-electron chi connectivity index (χ4n) is 0.852. The molecule has 1 rings (SSSR count). The Kier molecular flexibility index (Phi) is 4.08. The Labute approximate surface area is 76.0 Å². The van der Waals surface area contributed by atoms with Crippen LogP contribution in [-0.4, -0.2) is 31.5 Å². The Morgan fingerprint density at radius 3 is 2.77 bits per heavy atom. The molecular weight excluding hydrogens is 178 g/mol. The van der Waals surface area contributed by atoms with Crippen molar-refractivity contribution in [2.75, 3.05) is 13.2 Å². The van der Waals surface area contributed by atoms with Crippen molar-refractivity contribution in [1.82, 2.24) is 0 Å². The van der Waals surface area contributed by atoms with Gasteiger partial charge in [0.1, 0.15) is 6.61 Å². The Morgan fingerprint density at radius 1 is 1.54 bits per heavy atom. The number of ether oxygens (including phenoxy) is 1. The zero-order chi connectivity index (χ0) is 9.68.